The number of thiophene rings is 1. The van der Waals surface area contributed by atoms with Gasteiger partial charge in [0, 0.05) is 22.8 Å². The molecule has 3 aromatic rings. The van der Waals surface area contributed by atoms with E-state index in [-0.39, 0.29) is 0 Å². The van der Waals surface area contributed by atoms with Gasteiger partial charge in [0.2, 0.25) is 0 Å². The molecule has 0 aliphatic heterocycles. The molecule has 0 atom stereocenters. The third-order valence-corrected chi connectivity index (χ3v) is 4.04. The predicted octanol–water partition coefficient (Wildman–Crippen LogP) is 4.47. The van der Waals surface area contributed by atoms with Crippen molar-refractivity contribution in [3.8, 4) is 11.3 Å². The number of anilines is 1. The van der Waals surface area contributed by atoms with Gasteiger partial charge in [-0.3, -0.25) is 4.98 Å². The fourth-order valence-electron chi connectivity index (χ4n) is 1.90. The van der Waals surface area contributed by atoms with E-state index in [0.29, 0.717) is 5.02 Å². The highest BCUT2D eigenvalue weighted by Crippen LogP contribution is 2.30. The molecule has 0 amide bonds. The summed E-state index contributed by atoms with van der Waals surface area (Å²) in [6, 6.07) is 11.8. The minimum Gasteiger partial charge on any atom is -0.363 e. The van der Waals surface area contributed by atoms with E-state index in [0.717, 1.165) is 23.6 Å². The Morgan fingerprint density at radius 2 is 1.90 bits per heavy atom. The maximum absolute atomic E-state index is 6.24. The van der Waals surface area contributed by atoms with Crippen LogP contribution < -0.4 is 5.32 Å². The Labute approximate surface area is 126 Å². The molecule has 0 aliphatic carbocycles. The van der Waals surface area contributed by atoms with E-state index < -0.39 is 0 Å². The Kier molecular flexibility index (Phi) is 3.95. The zero-order chi connectivity index (χ0) is 13.8. The molecular weight excluding hydrogens is 290 g/mol. The lowest BCUT2D eigenvalue weighted by Gasteiger charge is -2.10. The molecule has 5 heteroatoms. The number of rotatable bonds is 4. The first kappa shape index (κ1) is 13.1. The van der Waals surface area contributed by atoms with Crippen molar-refractivity contribution in [2.75, 3.05) is 5.32 Å². The van der Waals surface area contributed by atoms with Crippen LogP contribution in [0.1, 0.15) is 4.88 Å². The second-order valence-electron chi connectivity index (χ2n) is 4.17. The third kappa shape index (κ3) is 2.81. The van der Waals surface area contributed by atoms with Crippen LogP contribution in [0.15, 0.2) is 54.2 Å². The molecule has 3 rings (SSSR count). The van der Waals surface area contributed by atoms with Gasteiger partial charge in [-0.15, -0.1) is 11.3 Å². The van der Waals surface area contributed by atoms with E-state index in [2.05, 4.69) is 26.7 Å². The molecule has 0 bridgehead atoms. The van der Waals surface area contributed by atoms with E-state index in [4.69, 9.17) is 11.6 Å². The van der Waals surface area contributed by atoms with Gasteiger partial charge in [-0.1, -0.05) is 35.9 Å². The molecular formula is C15H12ClN3S. The Balaban J connectivity index is 1.90. The minimum atomic E-state index is 0.673. The summed E-state index contributed by atoms with van der Waals surface area (Å²) in [5.74, 6) is 0.744. The largest absolute Gasteiger partial charge is 0.363 e. The SMILES string of the molecule is Clc1ccccc1-c1nccnc1NCc1cccs1. The van der Waals surface area contributed by atoms with E-state index >= 15 is 0 Å². The van der Waals surface area contributed by atoms with Gasteiger partial charge in [0.05, 0.1) is 11.6 Å². The van der Waals surface area contributed by atoms with Crippen molar-refractivity contribution in [1.29, 1.82) is 0 Å². The topological polar surface area (TPSA) is 37.8 Å². The van der Waals surface area contributed by atoms with Crippen LogP contribution in [0.4, 0.5) is 5.82 Å². The molecule has 0 unspecified atom stereocenters. The molecule has 0 radical (unpaired) electrons. The summed E-state index contributed by atoms with van der Waals surface area (Å²) in [6.45, 7) is 0.730. The highest BCUT2D eigenvalue weighted by molar-refractivity contribution is 7.09. The fourth-order valence-corrected chi connectivity index (χ4v) is 2.77. The van der Waals surface area contributed by atoms with Gasteiger partial charge >= 0.3 is 0 Å². The van der Waals surface area contributed by atoms with Crippen molar-refractivity contribution < 1.29 is 0 Å². The lowest BCUT2D eigenvalue weighted by molar-refractivity contribution is 1.11. The van der Waals surface area contributed by atoms with Crippen molar-refractivity contribution in [3.05, 3.63) is 64.1 Å². The van der Waals surface area contributed by atoms with Crippen LogP contribution in [0.3, 0.4) is 0 Å². The van der Waals surface area contributed by atoms with E-state index in [1.165, 1.54) is 4.88 Å². The summed E-state index contributed by atoms with van der Waals surface area (Å²) in [5, 5.41) is 6.05. The monoisotopic (exact) mass is 301 g/mol. The molecule has 0 saturated heterocycles. The van der Waals surface area contributed by atoms with Crippen LogP contribution in [0.5, 0.6) is 0 Å². The van der Waals surface area contributed by atoms with Crippen LogP contribution in [-0.2, 0) is 6.54 Å². The molecule has 0 saturated carbocycles. The second-order valence-corrected chi connectivity index (χ2v) is 5.61. The lowest BCUT2D eigenvalue weighted by Crippen LogP contribution is -2.03. The van der Waals surface area contributed by atoms with Crippen LogP contribution in [0, 0.1) is 0 Å². The molecule has 1 aromatic carbocycles. The molecule has 0 fully saturated rings. The number of benzene rings is 1. The highest BCUT2D eigenvalue weighted by Gasteiger charge is 2.10. The van der Waals surface area contributed by atoms with Crippen molar-refractivity contribution in [2.24, 2.45) is 0 Å². The smallest absolute Gasteiger partial charge is 0.152 e. The second kappa shape index (κ2) is 6.03. The normalized spacial score (nSPS) is 10.4. The van der Waals surface area contributed by atoms with Crippen LogP contribution in [-0.4, -0.2) is 9.97 Å². The molecule has 3 nitrogen and oxygen atoms in total. The molecule has 1 N–H and O–H groups in total. The summed E-state index contributed by atoms with van der Waals surface area (Å²) in [7, 11) is 0. The van der Waals surface area contributed by atoms with Gasteiger partial charge in [-0.2, -0.15) is 0 Å². The zero-order valence-corrected chi connectivity index (χ0v) is 12.2. The molecule has 2 heterocycles. The minimum absolute atomic E-state index is 0.673. The van der Waals surface area contributed by atoms with Gasteiger partial charge in [0.15, 0.2) is 5.82 Å². The average Bonchev–Trinajstić information content (AvgIpc) is 2.99. The maximum atomic E-state index is 6.24. The van der Waals surface area contributed by atoms with Gasteiger partial charge in [-0.25, -0.2) is 4.98 Å². The lowest BCUT2D eigenvalue weighted by atomic mass is 10.1. The van der Waals surface area contributed by atoms with Crippen LogP contribution in [0.2, 0.25) is 5.02 Å². The summed E-state index contributed by atoms with van der Waals surface area (Å²) < 4.78 is 0. The quantitative estimate of drug-likeness (QED) is 0.772. The van der Waals surface area contributed by atoms with E-state index in [1.54, 1.807) is 23.7 Å². The van der Waals surface area contributed by atoms with Crippen LogP contribution in [0.25, 0.3) is 11.3 Å². The average molecular weight is 302 g/mol. The summed E-state index contributed by atoms with van der Waals surface area (Å²) in [5.41, 5.74) is 1.66. The standard InChI is InChI=1S/C15H12ClN3S/c16-13-6-2-1-5-12(13)14-15(18-8-7-17-14)19-10-11-4-3-9-20-11/h1-9H,10H2,(H,18,19). The Morgan fingerprint density at radius 3 is 2.70 bits per heavy atom. The Hall–Kier alpha value is -1.91. The first-order chi connectivity index (χ1) is 9.84. The van der Waals surface area contributed by atoms with Gasteiger partial charge in [0.1, 0.15) is 5.69 Å². The number of aromatic nitrogens is 2. The van der Waals surface area contributed by atoms with Gasteiger partial charge in [0.25, 0.3) is 0 Å². The van der Waals surface area contributed by atoms with Crippen molar-refractivity contribution >= 4 is 28.8 Å². The number of nitrogens with one attached hydrogen (secondary N) is 1. The predicted molar refractivity (Wildman–Crippen MR) is 84.1 cm³/mol. The van der Waals surface area contributed by atoms with Crippen LogP contribution >= 0.6 is 22.9 Å². The van der Waals surface area contributed by atoms with Crippen molar-refractivity contribution in [1.82, 2.24) is 9.97 Å². The molecule has 2 aromatic heterocycles. The number of nitrogens with zero attached hydrogens (tertiary/aromatic N) is 2. The highest BCUT2D eigenvalue weighted by atomic mass is 35.5. The van der Waals surface area contributed by atoms with Gasteiger partial charge in [-0.05, 0) is 17.5 Å². The van der Waals surface area contributed by atoms with Gasteiger partial charge < -0.3 is 5.32 Å². The summed E-state index contributed by atoms with van der Waals surface area (Å²) >= 11 is 7.95. The summed E-state index contributed by atoms with van der Waals surface area (Å²) in [4.78, 5) is 10.0. The fraction of sp³-hybridized carbons (Fsp3) is 0.0667. The van der Waals surface area contributed by atoms with E-state index in [9.17, 15) is 0 Å². The number of hydrogen-bond donors (Lipinski definition) is 1. The Bertz CT molecular complexity index is 698. The van der Waals surface area contributed by atoms with Crippen molar-refractivity contribution in [2.45, 2.75) is 6.54 Å². The van der Waals surface area contributed by atoms with Crippen molar-refractivity contribution in [3.63, 3.8) is 0 Å². The Morgan fingerprint density at radius 1 is 1.05 bits per heavy atom. The molecule has 0 aliphatic rings. The first-order valence-corrected chi connectivity index (χ1v) is 7.42. The first-order valence-electron chi connectivity index (χ1n) is 6.17. The third-order valence-electron chi connectivity index (χ3n) is 2.84. The number of halogens is 1. The maximum Gasteiger partial charge on any atom is 0.152 e. The molecule has 100 valence electrons. The zero-order valence-electron chi connectivity index (χ0n) is 10.6. The summed E-state index contributed by atoms with van der Waals surface area (Å²) in [6.07, 6.45) is 3.35. The molecule has 20 heavy (non-hydrogen) atoms. The van der Waals surface area contributed by atoms with E-state index in [1.807, 2.05) is 30.3 Å². The molecule has 0 spiro atoms. The number of hydrogen-bond acceptors (Lipinski definition) is 4.